The lowest BCUT2D eigenvalue weighted by Crippen LogP contribution is -1.94. The third-order valence-corrected chi connectivity index (χ3v) is 4.71. The molecule has 0 spiro atoms. The quantitative estimate of drug-likeness (QED) is 0.470. The van der Waals surface area contributed by atoms with Crippen LogP contribution < -0.4 is 0 Å². The highest BCUT2D eigenvalue weighted by Crippen LogP contribution is 2.41. The second-order valence-corrected chi connectivity index (χ2v) is 6.54. The lowest BCUT2D eigenvalue weighted by atomic mass is 9.90. The fourth-order valence-corrected chi connectivity index (χ4v) is 3.36. The average molecular weight is 330 g/mol. The summed E-state index contributed by atoms with van der Waals surface area (Å²) in [5.41, 5.74) is 5.26. The predicted molar refractivity (Wildman–Crippen MR) is 107 cm³/mol. The van der Waals surface area contributed by atoms with Gasteiger partial charge in [-0.15, -0.1) is 0 Å². The van der Waals surface area contributed by atoms with Gasteiger partial charge in [0.05, 0.1) is 0 Å². The van der Waals surface area contributed by atoms with Crippen molar-refractivity contribution < 1.29 is 5.11 Å². The maximum absolute atomic E-state index is 11.1. The van der Waals surface area contributed by atoms with Crippen LogP contribution in [-0.2, 0) is 6.42 Å². The van der Waals surface area contributed by atoms with E-state index in [1.807, 2.05) is 48.5 Å². The molecule has 1 N–H and O–H groups in total. The van der Waals surface area contributed by atoms with Gasteiger partial charge in [0.1, 0.15) is 5.75 Å². The van der Waals surface area contributed by atoms with Crippen LogP contribution in [0.4, 0.5) is 0 Å². The Morgan fingerprint density at radius 3 is 1.96 bits per heavy atom. The standard InChI is InChI=1S/C24H26O/c1-2-3-4-7-16-21-17-18-22(19-12-8-5-9-13-19)24(25)23(21)20-14-10-6-11-15-20/h5-6,8-15,17-18,25H,2-4,7,16H2,1H3. The largest absolute Gasteiger partial charge is 0.507 e. The Hall–Kier alpha value is -2.54. The molecular weight excluding hydrogens is 304 g/mol. The number of benzene rings is 3. The summed E-state index contributed by atoms with van der Waals surface area (Å²) in [6, 6.07) is 24.6. The monoisotopic (exact) mass is 330 g/mol. The van der Waals surface area contributed by atoms with E-state index >= 15 is 0 Å². The average Bonchev–Trinajstić information content (AvgIpc) is 2.67. The van der Waals surface area contributed by atoms with Crippen molar-refractivity contribution in [3.8, 4) is 28.0 Å². The van der Waals surface area contributed by atoms with Crippen LogP contribution in [0.3, 0.4) is 0 Å². The predicted octanol–water partition coefficient (Wildman–Crippen LogP) is 6.85. The van der Waals surface area contributed by atoms with E-state index in [0.717, 1.165) is 35.1 Å². The summed E-state index contributed by atoms with van der Waals surface area (Å²) in [5.74, 6) is 0.394. The second kappa shape index (κ2) is 8.53. The van der Waals surface area contributed by atoms with E-state index < -0.39 is 0 Å². The van der Waals surface area contributed by atoms with Crippen molar-refractivity contribution in [3.63, 3.8) is 0 Å². The van der Waals surface area contributed by atoms with E-state index in [9.17, 15) is 5.11 Å². The molecule has 0 aliphatic rings. The fourth-order valence-electron chi connectivity index (χ4n) is 3.36. The van der Waals surface area contributed by atoms with Crippen LogP contribution in [0.25, 0.3) is 22.3 Å². The second-order valence-electron chi connectivity index (χ2n) is 6.54. The molecule has 0 amide bonds. The van der Waals surface area contributed by atoms with Gasteiger partial charge in [0, 0.05) is 11.1 Å². The van der Waals surface area contributed by atoms with E-state index in [1.54, 1.807) is 0 Å². The van der Waals surface area contributed by atoms with Crippen LogP contribution in [0.2, 0.25) is 0 Å². The van der Waals surface area contributed by atoms with Crippen LogP contribution in [0.5, 0.6) is 5.75 Å². The van der Waals surface area contributed by atoms with Crippen molar-refractivity contribution >= 4 is 0 Å². The van der Waals surface area contributed by atoms with Crippen molar-refractivity contribution in [2.45, 2.75) is 39.0 Å². The van der Waals surface area contributed by atoms with Gasteiger partial charge < -0.3 is 5.11 Å². The van der Waals surface area contributed by atoms with Gasteiger partial charge >= 0.3 is 0 Å². The summed E-state index contributed by atoms with van der Waals surface area (Å²) in [6.07, 6.45) is 5.93. The molecule has 3 rings (SSSR count). The number of phenolic OH excluding ortho intramolecular Hbond substituents is 1. The lowest BCUT2D eigenvalue weighted by molar-refractivity contribution is 0.478. The number of unbranched alkanes of at least 4 members (excludes halogenated alkanes) is 3. The van der Waals surface area contributed by atoms with Crippen molar-refractivity contribution in [3.05, 3.63) is 78.4 Å². The fraction of sp³-hybridized carbons (Fsp3) is 0.250. The first-order valence-corrected chi connectivity index (χ1v) is 9.27. The molecule has 0 saturated carbocycles. The van der Waals surface area contributed by atoms with Crippen LogP contribution in [0.15, 0.2) is 72.8 Å². The molecule has 1 nitrogen and oxygen atoms in total. The molecular formula is C24H26O. The van der Waals surface area contributed by atoms with Gasteiger partial charge in [0.25, 0.3) is 0 Å². The Morgan fingerprint density at radius 2 is 1.32 bits per heavy atom. The molecule has 0 heterocycles. The van der Waals surface area contributed by atoms with Crippen molar-refractivity contribution in [1.29, 1.82) is 0 Å². The molecule has 0 fully saturated rings. The summed E-state index contributed by atoms with van der Waals surface area (Å²) in [5, 5.41) is 11.1. The third kappa shape index (κ3) is 4.11. The SMILES string of the molecule is CCCCCCc1ccc(-c2ccccc2)c(O)c1-c1ccccc1. The minimum Gasteiger partial charge on any atom is -0.507 e. The first-order chi connectivity index (χ1) is 12.3. The summed E-state index contributed by atoms with van der Waals surface area (Å²) in [7, 11) is 0. The Labute approximate surface area is 151 Å². The minimum atomic E-state index is 0.394. The number of aromatic hydroxyl groups is 1. The molecule has 3 aromatic carbocycles. The number of hydrogen-bond donors (Lipinski definition) is 1. The van der Waals surface area contributed by atoms with E-state index in [-0.39, 0.29) is 0 Å². The molecule has 0 aliphatic carbocycles. The molecule has 0 aliphatic heterocycles. The molecule has 0 bridgehead atoms. The van der Waals surface area contributed by atoms with Gasteiger partial charge in [0.2, 0.25) is 0 Å². The highest BCUT2D eigenvalue weighted by Gasteiger charge is 2.15. The Balaban J connectivity index is 2.03. The summed E-state index contributed by atoms with van der Waals surface area (Å²) < 4.78 is 0. The zero-order valence-corrected chi connectivity index (χ0v) is 14.9. The van der Waals surface area contributed by atoms with Crippen LogP contribution >= 0.6 is 0 Å². The van der Waals surface area contributed by atoms with Gasteiger partial charge in [-0.2, -0.15) is 0 Å². The van der Waals surface area contributed by atoms with Crippen LogP contribution in [-0.4, -0.2) is 5.11 Å². The van der Waals surface area contributed by atoms with Crippen molar-refractivity contribution in [2.75, 3.05) is 0 Å². The maximum atomic E-state index is 11.1. The summed E-state index contributed by atoms with van der Waals surface area (Å²) >= 11 is 0. The smallest absolute Gasteiger partial charge is 0.131 e. The number of rotatable bonds is 7. The molecule has 0 atom stereocenters. The highest BCUT2D eigenvalue weighted by atomic mass is 16.3. The topological polar surface area (TPSA) is 20.2 Å². The first kappa shape index (κ1) is 17.3. The summed E-state index contributed by atoms with van der Waals surface area (Å²) in [6.45, 7) is 2.23. The molecule has 3 aromatic rings. The molecule has 0 radical (unpaired) electrons. The van der Waals surface area contributed by atoms with E-state index in [4.69, 9.17) is 0 Å². The van der Waals surface area contributed by atoms with E-state index in [1.165, 1.54) is 24.8 Å². The van der Waals surface area contributed by atoms with Gasteiger partial charge in [-0.1, -0.05) is 99.0 Å². The molecule has 0 aromatic heterocycles. The molecule has 0 saturated heterocycles. The van der Waals surface area contributed by atoms with Crippen molar-refractivity contribution in [2.24, 2.45) is 0 Å². The normalized spacial score (nSPS) is 10.8. The Bertz CT molecular complexity index is 791. The number of phenols is 1. The van der Waals surface area contributed by atoms with Gasteiger partial charge in [-0.05, 0) is 29.5 Å². The Morgan fingerprint density at radius 1 is 0.680 bits per heavy atom. The molecule has 0 unspecified atom stereocenters. The first-order valence-electron chi connectivity index (χ1n) is 9.27. The highest BCUT2D eigenvalue weighted by molar-refractivity contribution is 5.84. The molecule has 25 heavy (non-hydrogen) atoms. The number of hydrogen-bond acceptors (Lipinski definition) is 1. The summed E-state index contributed by atoms with van der Waals surface area (Å²) in [4.78, 5) is 0. The van der Waals surface area contributed by atoms with E-state index in [2.05, 4.69) is 31.2 Å². The third-order valence-electron chi connectivity index (χ3n) is 4.71. The van der Waals surface area contributed by atoms with Gasteiger partial charge in [-0.3, -0.25) is 0 Å². The zero-order valence-electron chi connectivity index (χ0n) is 14.9. The maximum Gasteiger partial charge on any atom is 0.131 e. The minimum absolute atomic E-state index is 0.394. The lowest BCUT2D eigenvalue weighted by Gasteiger charge is -2.16. The van der Waals surface area contributed by atoms with Gasteiger partial charge in [0.15, 0.2) is 0 Å². The van der Waals surface area contributed by atoms with Crippen molar-refractivity contribution in [1.82, 2.24) is 0 Å². The molecule has 128 valence electrons. The van der Waals surface area contributed by atoms with E-state index in [0.29, 0.717) is 5.75 Å². The number of aryl methyl sites for hydroxylation is 1. The molecule has 1 heteroatoms. The van der Waals surface area contributed by atoms with Crippen LogP contribution in [0, 0.1) is 0 Å². The Kier molecular flexibility index (Phi) is 5.90. The van der Waals surface area contributed by atoms with Gasteiger partial charge in [-0.25, -0.2) is 0 Å². The van der Waals surface area contributed by atoms with Crippen LogP contribution in [0.1, 0.15) is 38.2 Å². The zero-order chi connectivity index (χ0) is 17.5.